The number of hydrazine groups is 1. The molecule has 0 aliphatic heterocycles. The molecule has 0 bridgehead atoms. The number of alkyl halides is 3. The Balaban J connectivity index is 1.58. The van der Waals surface area contributed by atoms with E-state index in [1.54, 1.807) is 12.5 Å². The zero-order valence-corrected chi connectivity index (χ0v) is 11.4. The van der Waals surface area contributed by atoms with Gasteiger partial charge in [0.1, 0.15) is 5.69 Å². The molecule has 5 nitrogen and oxygen atoms in total. The van der Waals surface area contributed by atoms with Crippen LogP contribution >= 0.6 is 0 Å². The largest absolute Gasteiger partial charge is 0.416 e. The maximum atomic E-state index is 12.4. The van der Waals surface area contributed by atoms with Gasteiger partial charge < -0.3 is 4.57 Å². The van der Waals surface area contributed by atoms with E-state index in [4.69, 9.17) is 0 Å². The van der Waals surface area contributed by atoms with Crippen LogP contribution in [0.2, 0.25) is 0 Å². The summed E-state index contributed by atoms with van der Waals surface area (Å²) < 4.78 is 39.2. The molecule has 1 amide bonds. The molecule has 22 heavy (non-hydrogen) atoms. The Morgan fingerprint density at radius 2 is 1.91 bits per heavy atom. The smallest absolute Gasteiger partial charge is 0.334 e. The van der Waals surface area contributed by atoms with Crippen molar-refractivity contribution in [2.24, 2.45) is 0 Å². The van der Waals surface area contributed by atoms with Crippen LogP contribution in [0.4, 0.5) is 18.9 Å². The van der Waals surface area contributed by atoms with Crippen molar-refractivity contribution in [1.29, 1.82) is 0 Å². The number of carbonyl (C=O) groups is 1. The summed E-state index contributed by atoms with van der Waals surface area (Å²) >= 11 is 0. The summed E-state index contributed by atoms with van der Waals surface area (Å²) in [5, 5.41) is 0. The normalized spacial score (nSPS) is 14.7. The van der Waals surface area contributed by atoms with E-state index in [0.29, 0.717) is 11.7 Å². The van der Waals surface area contributed by atoms with E-state index >= 15 is 0 Å². The van der Waals surface area contributed by atoms with Crippen molar-refractivity contribution >= 4 is 11.6 Å². The van der Waals surface area contributed by atoms with Gasteiger partial charge in [-0.3, -0.25) is 15.6 Å². The van der Waals surface area contributed by atoms with Crippen molar-refractivity contribution in [2.45, 2.75) is 25.1 Å². The minimum atomic E-state index is -4.38. The van der Waals surface area contributed by atoms with E-state index in [9.17, 15) is 18.0 Å². The highest BCUT2D eigenvalue weighted by Crippen LogP contribution is 2.34. The number of halogens is 3. The SMILES string of the molecule is O=C(NNc1ccc(C(F)(F)F)cc1)c1cn(C2CC2)cn1. The highest BCUT2D eigenvalue weighted by molar-refractivity contribution is 5.92. The van der Waals surface area contributed by atoms with Gasteiger partial charge >= 0.3 is 6.18 Å². The Morgan fingerprint density at radius 1 is 1.23 bits per heavy atom. The Morgan fingerprint density at radius 3 is 2.50 bits per heavy atom. The van der Waals surface area contributed by atoms with Gasteiger partial charge in [-0.25, -0.2) is 4.98 Å². The standard InChI is InChI=1S/C14H13F3N4O/c15-14(16,17)9-1-3-10(4-2-9)19-20-13(22)12-7-21(8-18-12)11-5-6-11/h1-4,7-8,11,19H,5-6H2,(H,20,22). The highest BCUT2D eigenvalue weighted by Gasteiger charge is 2.30. The van der Waals surface area contributed by atoms with Gasteiger partial charge in [0.2, 0.25) is 0 Å². The van der Waals surface area contributed by atoms with E-state index in [0.717, 1.165) is 25.0 Å². The van der Waals surface area contributed by atoms with Crippen LogP contribution in [-0.4, -0.2) is 15.5 Å². The molecule has 0 atom stereocenters. The number of hydrogen-bond donors (Lipinski definition) is 2. The van der Waals surface area contributed by atoms with Crippen LogP contribution in [-0.2, 0) is 6.18 Å². The molecular weight excluding hydrogens is 297 g/mol. The number of carbonyl (C=O) groups excluding carboxylic acids is 1. The van der Waals surface area contributed by atoms with Crippen LogP contribution in [0.25, 0.3) is 0 Å². The van der Waals surface area contributed by atoms with Gasteiger partial charge in [0.15, 0.2) is 0 Å². The summed E-state index contributed by atoms with van der Waals surface area (Å²) in [6.45, 7) is 0. The fraction of sp³-hybridized carbons (Fsp3) is 0.286. The second kappa shape index (κ2) is 5.36. The number of anilines is 1. The lowest BCUT2D eigenvalue weighted by molar-refractivity contribution is -0.137. The van der Waals surface area contributed by atoms with E-state index in [1.807, 2.05) is 4.57 Å². The molecule has 2 N–H and O–H groups in total. The highest BCUT2D eigenvalue weighted by atomic mass is 19.4. The summed E-state index contributed by atoms with van der Waals surface area (Å²) in [6, 6.07) is 4.79. The van der Waals surface area contributed by atoms with Crippen LogP contribution in [0.3, 0.4) is 0 Å². The maximum Gasteiger partial charge on any atom is 0.416 e. The van der Waals surface area contributed by atoms with Crippen LogP contribution in [0, 0.1) is 0 Å². The van der Waals surface area contributed by atoms with Gasteiger partial charge in [-0.15, -0.1) is 0 Å². The van der Waals surface area contributed by atoms with Gasteiger partial charge in [0, 0.05) is 12.2 Å². The molecule has 1 fully saturated rings. The quantitative estimate of drug-likeness (QED) is 0.854. The lowest BCUT2D eigenvalue weighted by Crippen LogP contribution is -2.29. The van der Waals surface area contributed by atoms with Crippen molar-refractivity contribution in [3.63, 3.8) is 0 Å². The van der Waals surface area contributed by atoms with Gasteiger partial charge in [0.05, 0.1) is 17.6 Å². The summed E-state index contributed by atoms with van der Waals surface area (Å²) in [4.78, 5) is 15.9. The molecule has 1 aromatic carbocycles. The third kappa shape index (κ3) is 3.21. The number of hydrogen-bond acceptors (Lipinski definition) is 3. The van der Waals surface area contributed by atoms with E-state index in [1.165, 1.54) is 12.1 Å². The van der Waals surface area contributed by atoms with E-state index < -0.39 is 17.6 Å². The first-order valence-electron chi connectivity index (χ1n) is 6.70. The second-order valence-electron chi connectivity index (χ2n) is 5.09. The molecule has 1 saturated carbocycles. The predicted molar refractivity (Wildman–Crippen MR) is 73.0 cm³/mol. The zero-order valence-electron chi connectivity index (χ0n) is 11.4. The monoisotopic (exact) mass is 310 g/mol. The lowest BCUT2D eigenvalue weighted by atomic mass is 10.2. The molecule has 116 valence electrons. The second-order valence-corrected chi connectivity index (χ2v) is 5.09. The molecule has 1 heterocycles. The molecule has 0 unspecified atom stereocenters. The third-order valence-corrected chi connectivity index (χ3v) is 3.34. The molecule has 3 rings (SSSR count). The number of rotatable bonds is 4. The average molecular weight is 310 g/mol. The average Bonchev–Trinajstić information content (AvgIpc) is 3.22. The Labute approximate surface area is 124 Å². The van der Waals surface area contributed by atoms with Crippen molar-refractivity contribution in [1.82, 2.24) is 15.0 Å². The van der Waals surface area contributed by atoms with Gasteiger partial charge in [-0.05, 0) is 37.1 Å². The number of nitrogens with zero attached hydrogens (tertiary/aromatic N) is 2. The first kappa shape index (κ1) is 14.4. The zero-order chi connectivity index (χ0) is 15.7. The fourth-order valence-electron chi connectivity index (χ4n) is 1.96. The summed E-state index contributed by atoms with van der Waals surface area (Å²) in [7, 11) is 0. The minimum absolute atomic E-state index is 0.256. The topological polar surface area (TPSA) is 59.0 Å². The molecule has 1 aliphatic carbocycles. The number of amides is 1. The number of benzene rings is 1. The molecule has 1 aliphatic rings. The molecule has 0 saturated heterocycles. The van der Waals surface area contributed by atoms with Crippen LogP contribution < -0.4 is 10.9 Å². The molecular formula is C14H13F3N4O. The molecule has 0 spiro atoms. The molecule has 0 radical (unpaired) electrons. The number of imidazole rings is 1. The van der Waals surface area contributed by atoms with Crippen molar-refractivity contribution in [3.8, 4) is 0 Å². The number of nitrogens with one attached hydrogen (secondary N) is 2. The van der Waals surface area contributed by atoms with Gasteiger partial charge in [0.25, 0.3) is 5.91 Å². The van der Waals surface area contributed by atoms with E-state index in [-0.39, 0.29) is 5.69 Å². The lowest BCUT2D eigenvalue weighted by Gasteiger charge is -2.09. The third-order valence-electron chi connectivity index (χ3n) is 3.34. The first-order chi connectivity index (χ1) is 10.4. The first-order valence-corrected chi connectivity index (χ1v) is 6.70. The fourth-order valence-corrected chi connectivity index (χ4v) is 1.96. The van der Waals surface area contributed by atoms with Crippen molar-refractivity contribution < 1.29 is 18.0 Å². The predicted octanol–water partition coefficient (Wildman–Crippen LogP) is 2.99. The molecule has 2 aromatic rings. The molecule has 1 aromatic heterocycles. The number of aromatic nitrogens is 2. The molecule has 8 heteroatoms. The maximum absolute atomic E-state index is 12.4. The van der Waals surface area contributed by atoms with E-state index in [2.05, 4.69) is 15.8 Å². The van der Waals surface area contributed by atoms with Gasteiger partial charge in [-0.2, -0.15) is 13.2 Å². The Kier molecular flexibility index (Phi) is 3.51. The van der Waals surface area contributed by atoms with Crippen LogP contribution in [0.1, 0.15) is 34.9 Å². The summed E-state index contributed by atoms with van der Waals surface area (Å²) in [6.07, 6.45) is 1.05. The van der Waals surface area contributed by atoms with Crippen LogP contribution in [0.5, 0.6) is 0 Å². The summed E-state index contributed by atoms with van der Waals surface area (Å²) in [5.74, 6) is -0.445. The van der Waals surface area contributed by atoms with Crippen LogP contribution in [0.15, 0.2) is 36.8 Å². The minimum Gasteiger partial charge on any atom is -0.334 e. The van der Waals surface area contributed by atoms with Gasteiger partial charge in [-0.1, -0.05) is 0 Å². The Hall–Kier alpha value is -2.51. The Bertz CT molecular complexity index is 674. The van der Waals surface area contributed by atoms with Crippen molar-refractivity contribution in [3.05, 3.63) is 48.0 Å². The summed E-state index contributed by atoms with van der Waals surface area (Å²) in [5.41, 5.74) is 4.82. The van der Waals surface area contributed by atoms with Crippen molar-refractivity contribution in [2.75, 3.05) is 5.43 Å².